The van der Waals surface area contributed by atoms with Gasteiger partial charge in [-0.05, 0) is 23.6 Å². The van der Waals surface area contributed by atoms with Crippen LogP contribution in [0.5, 0.6) is 0 Å². The van der Waals surface area contributed by atoms with Gasteiger partial charge in [0.05, 0.1) is 6.61 Å². The van der Waals surface area contributed by atoms with Gasteiger partial charge in [-0.3, -0.25) is 4.79 Å². The first-order valence-electron chi connectivity index (χ1n) is 4.62. The maximum atomic E-state index is 10.5. The molecule has 1 N–H and O–H groups in total. The standard InChI is InChI=1S/C11H13BrO3/c1-15-7-8-3-2-4-10(12)9(8)5-6-11(13)14/h2-4H,5-7H2,1H3,(H,13,14). The first-order valence-corrected chi connectivity index (χ1v) is 5.41. The van der Waals surface area contributed by atoms with Crippen molar-refractivity contribution in [3.63, 3.8) is 0 Å². The van der Waals surface area contributed by atoms with E-state index in [2.05, 4.69) is 15.9 Å². The molecule has 4 heteroatoms. The molecule has 0 radical (unpaired) electrons. The predicted octanol–water partition coefficient (Wildman–Crippen LogP) is 2.61. The van der Waals surface area contributed by atoms with E-state index in [9.17, 15) is 4.79 Å². The topological polar surface area (TPSA) is 46.5 Å². The third kappa shape index (κ3) is 3.64. The van der Waals surface area contributed by atoms with E-state index >= 15 is 0 Å². The number of halogens is 1. The molecule has 0 atom stereocenters. The molecule has 0 saturated carbocycles. The molecule has 0 aromatic heterocycles. The van der Waals surface area contributed by atoms with E-state index in [1.54, 1.807) is 7.11 Å². The average Bonchev–Trinajstić information content (AvgIpc) is 2.17. The molecule has 0 unspecified atom stereocenters. The summed E-state index contributed by atoms with van der Waals surface area (Å²) in [5.41, 5.74) is 2.05. The molecule has 1 aromatic rings. The number of rotatable bonds is 5. The van der Waals surface area contributed by atoms with E-state index in [1.165, 1.54) is 0 Å². The Morgan fingerprint density at radius 3 is 2.87 bits per heavy atom. The van der Waals surface area contributed by atoms with Crippen LogP contribution in [-0.4, -0.2) is 18.2 Å². The van der Waals surface area contributed by atoms with E-state index < -0.39 is 5.97 Å². The van der Waals surface area contributed by atoms with Crippen LogP contribution in [0, 0.1) is 0 Å². The Morgan fingerprint density at radius 1 is 1.53 bits per heavy atom. The molecule has 0 amide bonds. The number of carboxylic acid groups (broad SMARTS) is 1. The Balaban J connectivity index is 2.86. The van der Waals surface area contributed by atoms with E-state index in [1.807, 2.05) is 18.2 Å². The summed E-state index contributed by atoms with van der Waals surface area (Å²) in [6, 6.07) is 5.78. The molecule has 0 fully saturated rings. The molecule has 3 nitrogen and oxygen atoms in total. The van der Waals surface area contributed by atoms with E-state index in [-0.39, 0.29) is 6.42 Å². The molecule has 0 aliphatic rings. The molecule has 0 spiro atoms. The van der Waals surface area contributed by atoms with Crippen LogP contribution in [0.3, 0.4) is 0 Å². The van der Waals surface area contributed by atoms with Crippen LogP contribution in [-0.2, 0) is 22.6 Å². The smallest absolute Gasteiger partial charge is 0.303 e. The molecule has 1 aromatic carbocycles. The second-order valence-corrected chi connectivity index (χ2v) is 4.06. The van der Waals surface area contributed by atoms with Crippen molar-refractivity contribution in [3.8, 4) is 0 Å². The van der Waals surface area contributed by atoms with E-state index in [0.717, 1.165) is 15.6 Å². The van der Waals surface area contributed by atoms with Gasteiger partial charge in [0.2, 0.25) is 0 Å². The summed E-state index contributed by atoms with van der Waals surface area (Å²) in [5.74, 6) is -0.783. The lowest BCUT2D eigenvalue weighted by Crippen LogP contribution is -2.02. The fourth-order valence-electron chi connectivity index (χ4n) is 1.41. The van der Waals surface area contributed by atoms with Gasteiger partial charge in [0, 0.05) is 18.0 Å². The summed E-state index contributed by atoms with van der Waals surface area (Å²) < 4.78 is 6.00. The minimum absolute atomic E-state index is 0.138. The second-order valence-electron chi connectivity index (χ2n) is 3.20. The Kier molecular flexibility index (Phi) is 4.78. The Bertz CT molecular complexity index is 350. The SMILES string of the molecule is COCc1cccc(Br)c1CCC(=O)O. The fourth-order valence-corrected chi connectivity index (χ4v) is 2.01. The minimum atomic E-state index is -0.783. The number of benzene rings is 1. The molecule has 82 valence electrons. The Hall–Kier alpha value is -0.870. The summed E-state index contributed by atoms with van der Waals surface area (Å²) in [6.45, 7) is 0.508. The van der Waals surface area contributed by atoms with Gasteiger partial charge >= 0.3 is 5.97 Å². The van der Waals surface area contributed by atoms with Crippen molar-refractivity contribution in [1.29, 1.82) is 0 Å². The van der Waals surface area contributed by atoms with Crippen LogP contribution in [0.25, 0.3) is 0 Å². The zero-order valence-electron chi connectivity index (χ0n) is 8.50. The zero-order valence-corrected chi connectivity index (χ0v) is 10.1. The van der Waals surface area contributed by atoms with Crippen LogP contribution in [0.1, 0.15) is 17.5 Å². The highest BCUT2D eigenvalue weighted by molar-refractivity contribution is 9.10. The van der Waals surface area contributed by atoms with Crippen molar-refractivity contribution in [2.24, 2.45) is 0 Å². The maximum absolute atomic E-state index is 10.5. The van der Waals surface area contributed by atoms with Crippen molar-refractivity contribution in [3.05, 3.63) is 33.8 Å². The van der Waals surface area contributed by atoms with Crippen molar-refractivity contribution in [1.82, 2.24) is 0 Å². The number of carbonyl (C=O) groups is 1. The van der Waals surface area contributed by atoms with Crippen LogP contribution in [0.4, 0.5) is 0 Å². The summed E-state index contributed by atoms with van der Waals surface area (Å²) in [5, 5.41) is 8.64. The predicted molar refractivity (Wildman–Crippen MR) is 60.8 cm³/mol. The second kappa shape index (κ2) is 5.88. The molecule has 0 aliphatic heterocycles. The minimum Gasteiger partial charge on any atom is -0.481 e. The highest BCUT2D eigenvalue weighted by Crippen LogP contribution is 2.22. The van der Waals surface area contributed by atoms with Crippen LogP contribution >= 0.6 is 15.9 Å². The summed E-state index contributed by atoms with van der Waals surface area (Å²) >= 11 is 3.42. The summed E-state index contributed by atoms with van der Waals surface area (Å²) in [7, 11) is 1.63. The normalized spacial score (nSPS) is 10.3. The lowest BCUT2D eigenvalue weighted by molar-refractivity contribution is -0.136. The summed E-state index contributed by atoms with van der Waals surface area (Å²) in [4.78, 5) is 10.5. The van der Waals surface area contributed by atoms with Crippen molar-refractivity contribution in [2.75, 3.05) is 7.11 Å². The number of aliphatic carboxylic acids is 1. The monoisotopic (exact) mass is 272 g/mol. The van der Waals surface area contributed by atoms with Gasteiger partial charge in [-0.2, -0.15) is 0 Å². The van der Waals surface area contributed by atoms with Gasteiger partial charge in [0.1, 0.15) is 0 Å². The first-order chi connectivity index (χ1) is 7.15. The average molecular weight is 273 g/mol. The highest BCUT2D eigenvalue weighted by Gasteiger charge is 2.08. The van der Waals surface area contributed by atoms with Gasteiger partial charge in [0.15, 0.2) is 0 Å². The number of ether oxygens (including phenoxy) is 1. The van der Waals surface area contributed by atoms with E-state index in [4.69, 9.17) is 9.84 Å². The molecular formula is C11H13BrO3. The van der Waals surface area contributed by atoms with Crippen molar-refractivity contribution in [2.45, 2.75) is 19.4 Å². The third-order valence-electron chi connectivity index (χ3n) is 2.10. The third-order valence-corrected chi connectivity index (χ3v) is 2.85. The molecule has 0 aliphatic carbocycles. The quantitative estimate of drug-likeness (QED) is 0.897. The lowest BCUT2D eigenvalue weighted by Gasteiger charge is -2.09. The Morgan fingerprint density at radius 2 is 2.27 bits per heavy atom. The first kappa shape index (κ1) is 12.2. The zero-order chi connectivity index (χ0) is 11.3. The van der Waals surface area contributed by atoms with Crippen molar-refractivity contribution < 1.29 is 14.6 Å². The molecule has 0 saturated heterocycles. The van der Waals surface area contributed by atoms with Gasteiger partial charge < -0.3 is 9.84 Å². The van der Waals surface area contributed by atoms with E-state index in [0.29, 0.717) is 13.0 Å². The van der Waals surface area contributed by atoms with Crippen LogP contribution < -0.4 is 0 Å². The highest BCUT2D eigenvalue weighted by atomic mass is 79.9. The van der Waals surface area contributed by atoms with Gasteiger partial charge in [-0.1, -0.05) is 28.1 Å². The fraction of sp³-hybridized carbons (Fsp3) is 0.364. The molecule has 1 rings (SSSR count). The number of methoxy groups -OCH3 is 1. The number of carboxylic acids is 1. The Labute approximate surface area is 97.2 Å². The van der Waals surface area contributed by atoms with Gasteiger partial charge in [-0.25, -0.2) is 0 Å². The molecule has 0 heterocycles. The molecular weight excluding hydrogens is 260 g/mol. The number of hydrogen-bond acceptors (Lipinski definition) is 2. The van der Waals surface area contributed by atoms with Gasteiger partial charge in [-0.15, -0.1) is 0 Å². The van der Waals surface area contributed by atoms with Crippen LogP contribution in [0.2, 0.25) is 0 Å². The lowest BCUT2D eigenvalue weighted by atomic mass is 10.0. The number of hydrogen-bond donors (Lipinski definition) is 1. The van der Waals surface area contributed by atoms with Crippen LogP contribution in [0.15, 0.2) is 22.7 Å². The maximum Gasteiger partial charge on any atom is 0.303 e. The van der Waals surface area contributed by atoms with Gasteiger partial charge in [0.25, 0.3) is 0 Å². The molecule has 15 heavy (non-hydrogen) atoms. The van der Waals surface area contributed by atoms with Crippen molar-refractivity contribution >= 4 is 21.9 Å². The largest absolute Gasteiger partial charge is 0.481 e. The summed E-state index contributed by atoms with van der Waals surface area (Å²) in [6.07, 6.45) is 0.661. The molecule has 0 bridgehead atoms.